The number of halogens is 1. The standard InChI is InChI=1S/C30H26BrN3O5S/c1-3-38-30(37)27-28(36)25(40-29(27)33-21-9-6-18(2)7-10-21)13-19-16-34(24-11-8-20(31)14-23(19)24)17-26(35)32-15-22-5-4-12-39-22/h4-14,16,36H,3,15,17H2,1-2H3,(H,32,35)/b25-13-,33-29?. The van der Waals surface area contributed by atoms with E-state index in [-0.39, 0.29) is 30.4 Å². The van der Waals surface area contributed by atoms with Gasteiger partial charge in [0.2, 0.25) is 5.91 Å². The van der Waals surface area contributed by atoms with Crippen LogP contribution in [0.2, 0.25) is 0 Å². The SMILES string of the molecule is CCOC(=O)C1=C(O)/C(=C/c2cn(CC(=O)NCc3ccco3)c3ccc(Br)cc23)SC1=Nc1ccc(C)cc1. The summed E-state index contributed by atoms with van der Waals surface area (Å²) < 4.78 is 13.2. The number of aliphatic hydroxyl groups is 1. The molecular formula is C30H26BrN3O5S. The molecular weight excluding hydrogens is 594 g/mol. The Balaban J connectivity index is 1.50. The third kappa shape index (κ3) is 6.08. The van der Waals surface area contributed by atoms with E-state index in [0.29, 0.717) is 27.9 Å². The third-order valence-corrected chi connectivity index (χ3v) is 7.66. The summed E-state index contributed by atoms with van der Waals surface area (Å²) in [6, 6.07) is 16.9. The molecule has 2 aromatic carbocycles. The van der Waals surface area contributed by atoms with E-state index in [0.717, 1.165) is 26.5 Å². The molecule has 0 unspecified atom stereocenters. The Morgan fingerprint density at radius 3 is 2.73 bits per heavy atom. The van der Waals surface area contributed by atoms with Gasteiger partial charge in [0, 0.05) is 27.1 Å². The van der Waals surface area contributed by atoms with E-state index in [2.05, 4.69) is 26.2 Å². The van der Waals surface area contributed by atoms with Crippen LogP contribution in [0.15, 0.2) is 97.2 Å². The van der Waals surface area contributed by atoms with E-state index in [4.69, 9.17) is 9.15 Å². The molecule has 5 rings (SSSR count). The minimum Gasteiger partial charge on any atom is -0.506 e. The van der Waals surface area contributed by atoms with Crippen molar-refractivity contribution in [1.82, 2.24) is 9.88 Å². The van der Waals surface area contributed by atoms with Crippen molar-refractivity contribution in [3.05, 3.63) is 105 Å². The predicted molar refractivity (Wildman–Crippen MR) is 160 cm³/mol. The number of aliphatic hydroxyl groups excluding tert-OH is 1. The molecule has 8 nitrogen and oxygen atoms in total. The van der Waals surface area contributed by atoms with Crippen molar-refractivity contribution in [1.29, 1.82) is 0 Å². The lowest BCUT2D eigenvalue weighted by molar-refractivity contribution is -0.138. The summed E-state index contributed by atoms with van der Waals surface area (Å²) in [6.07, 6.45) is 5.21. The van der Waals surface area contributed by atoms with Crippen molar-refractivity contribution >= 4 is 67.3 Å². The largest absolute Gasteiger partial charge is 0.506 e. The maximum Gasteiger partial charge on any atom is 0.344 e. The smallest absolute Gasteiger partial charge is 0.344 e. The van der Waals surface area contributed by atoms with E-state index in [1.807, 2.05) is 60.2 Å². The first-order chi connectivity index (χ1) is 19.3. The first kappa shape index (κ1) is 27.5. The molecule has 0 saturated carbocycles. The zero-order valence-electron chi connectivity index (χ0n) is 21.8. The van der Waals surface area contributed by atoms with Gasteiger partial charge in [0.15, 0.2) is 0 Å². The summed E-state index contributed by atoms with van der Waals surface area (Å²) in [5.41, 5.74) is 3.38. The van der Waals surface area contributed by atoms with Crippen molar-refractivity contribution < 1.29 is 23.8 Å². The minimum atomic E-state index is -0.639. The van der Waals surface area contributed by atoms with Crippen molar-refractivity contribution in [2.24, 2.45) is 4.99 Å². The van der Waals surface area contributed by atoms with E-state index >= 15 is 0 Å². The first-order valence-corrected chi connectivity index (χ1v) is 14.2. The Labute approximate surface area is 243 Å². The Bertz CT molecular complexity index is 1670. The molecule has 0 fully saturated rings. The van der Waals surface area contributed by atoms with Crippen molar-refractivity contribution in [2.75, 3.05) is 6.61 Å². The highest BCUT2D eigenvalue weighted by atomic mass is 79.9. The Morgan fingerprint density at radius 2 is 2.00 bits per heavy atom. The lowest BCUT2D eigenvalue weighted by Gasteiger charge is -2.06. The van der Waals surface area contributed by atoms with Crippen molar-refractivity contribution in [2.45, 2.75) is 26.9 Å². The molecule has 4 aromatic rings. The third-order valence-electron chi connectivity index (χ3n) is 6.15. The molecule has 0 spiro atoms. The number of nitrogens with one attached hydrogen (secondary N) is 1. The summed E-state index contributed by atoms with van der Waals surface area (Å²) in [6.45, 7) is 4.24. The number of carbonyl (C=O) groups excluding carboxylic acids is 2. The number of carbonyl (C=O) groups is 2. The lowest BCUT2D eigenvalue weighted by atomic mass is 10.1. The average molecular weight is 621 g/mol. The van der Waals surface area contributed by atoms with Crippen LogP contribution < -0.4 is 5.32 Å². The van der Waals surface area contributed by atoms with Crippen LogP contribution in [0.4, 0.5) is 5.69 Å². The monoisotopic (exact) mass is 619 g/mol. The quantitative estimate of drug-likeness (QED) is 0.210. The van der Waals surface area contributed by atoms with E-state index in [1.54, 1.807) is 31.4 Å². The number of rotatable bonds is 8. The molecule has 40 heavy (non-hydrogen) atoms. The number of fused-ring (bicyclic) bond motifs is 1. The average Bonchev–Trinajstić information content (AvgIpc) is 3.63. The number of furan rings is 1. The van der Waals surface area contributed by atoms with Gasteiger partial charge in [0.25, 0.3) is 0 Å². The number of benzene rings is 2. The van der Waals surface area contributed by atoms with Gasteiger partial charge in [-0.2, -0.15) is 0 Å². The zero-order chi connectivity index (χ0) is 28.2. The molecule has 1 aliphatic rings. The van der Waals surface area contributed by atoms with Gasteiger partial charge >= 0.3 is 5.97 Å². The number of aliphatic imine (C=N–C) groups is 1. The van der Waals surface area contributed by atoms with Crippen LogP contribution in [-0.4, -0.2) is 33.2 Å². The molecule has 2 N–H and O–H groups in total. The molecule has 0 atom stereocenters. The lowest BCUT2D eigenvalue weighted by Crippen LogP contribution is -2.26. The van der Waals surface area contributed by atoms with Gasteiger partial charge in [-0.1, -0.05) is 45.4 Å². The van der Waals surface area contributed by atoms with Gasteiger partial charge in [-0.25, -0.2) is 9.79 Å². The summed E-state index contributed by atoms with van der Waals surface area (Å²) >= 11 is 4.72. The molecule has 0 bridgehead atoms. The number of nitrogens with zero attached hydrogens (tertiary/aromatic N) is 2. The highest BCUT2D eigenvalue weighted by Gasteiger charge is 2.33. The van der Waals surface area contributed by atoms with Gasteiger partial charge in [-0.3, -0.25) is 4.79 Å². The predicted octanol–water partition coefficient (Wildman–Crippen LogP) is 6.81. The second kappa shape index (κ2) is 12.0. The summed E-state index contributed by atoms with van der Waals surface area (Å²) in [5, 5.41) is 15.2. The van der Waals surface area contributed by atoms with Crippen LogP contribution in [0, 0.1) is 6.92 Å². The fraction of sp³-hybridized carbons (Fsp3) is 0.167. The molecule has 1 aliphatic heterocycles. The minimum absolute atomic E-state index is 0.0286. The molecule has 3 heterocycles. The van der Waals surface area contributed by atoms with Gasteiger partial charge in [0.05, 0.1) is 30.0 Å². The maximum absolute atomic E-state index is 12.8. The topological polar surface area (TPSA) is 106 Å². The zero-order valence-corrected chi connectivity index (χ0v) is 24.2. The van der Waals surface area contributed by atoms with E-state index < -0.39 is 5.97 Å². The van der Waals surface area contributed by atoms with Crippen LogP contribution in [0.1, 0.15) is 23.8 Å². The van der Waals surface area contributed by atoms with Gasteiger partial charge in [-0.15, -0.1) is 0 Å². The number of hydrogen-bond donors (Lipinski definition) is 2. The van der Waals surface area contributed by atoms with Gasteiger partial charge in [0.1, 0.15) is 28.7 Å². The number of amides is 1. The van der Waals surface area contributed by atoms with Crippen LogP contribution >= 0.6 is 27.7 Å². The number of aromatic nitrogens is 1. The van der Waals surface area contributed by atoms with E-state index in [9.17, 15) is 14.7 Å². The van der Waals surface area contributed by atoms with Crippen LogP contribution in [0.3, 0.4) is 0 Å². The second-order valence-electron chi connectivity index (χ2n) is 9.04. The highest BCUT2D eigenvalue weighted by molar-refractivity contribution is 9.10. The fourth-order valence-corrected chi connectivity index (χ4v) is 5.61. The summed E-state index contributed by atoms with van der Waals surface area (Å²) in [7, 11) is 0. The number of thioether (sulfide) groups is 1. The molecule has 0 aliphatic carbocycles. The highest BCUT2D eigenvalue weighted by Crippen LogP contribution is 2.41. The molecule has 0 saturated heterocycles. The van der Waals surface area contributed by atoms with Crippen LogP contribution in [0.25, 0.3) is 17.0 Å². The van der Waals surface area contributed by atoms with Crippen LogP contribution in [-0.2, 0) is 27.4 Å². The molecule has 2 aromatic heterocycles. The fourth-order valence-electron chi connectivity index (χ4n) is 4.22. The maximum atomic E-state index is 12.8. The molecule has 10 heteroatoms. The second-order valence-corrected chi connectivity index (χ2v) is 11.0. The van der Waals surface area contributed by atoms with Gasteiger partial charge < -0.3 is 24.1 Å². The van der Waals surface area contributed by atoms with Crippen LogP contribution in [0.5, 0.6) is 0 Å². The number of esters is 1. The molecule has 0 radical (unpaired) electrons. The number of hydrogen-bond acceptors (Lipinski definition) is 7. The van der Waals surface area contributed by atoms with Crippen molar-refractivity contribution in [3.8, 4) is 0 Å². The molecule has 204 valence electrons. The Kier molecular flexibility index (Phi) is 8.27. The summed E-state index contributed by atoms with van der Waals surface area (Å²) in [4.78, 5) is 30.6. The van der Waals surface area contributed by atoms with Gasteiger partial charge in [-0.05, 0) is 62.4 Å². The Hall–Kier alpha value is -4.02. The number of ether oxygens (including phenoxy) is 1. The van der Waals surface area contributed by atoms with E-state index in [1.165, 1.54) is 11.8 Å². The number of aryl methyl sites for hydroxylation is 1. The summed E-state index contributed by atoms with van der Waals surface area (Å²) in [5.74, 6) is -0.340. The Morgan fingerprint density at radius 1 is 1.20 bits per heavy atom. The normalized spacial score (nSPS) is 15.4. The van der Waals surface area contributed by atoms with Crippen molar-refractivity contribution in [3.63, 3.8) is 0 Å². The first-order valence-electron chi connectivity index (χ1n) is 12.6. The molecule has 1 amide bonds.